The maximum Gasteiger partial charge on any atom is 0.404 e. The van der Waals surface area contributed by atoms with E-state index in [2.05, 4.69) is 5.32 Å². The number of rotatable bonds is 5. The Labute approximate surface area is 72.0 Å². The molecule has 0 saturated carbocycles. The molecule has 0 aromatic heterocycles. The maximum absolute atomic E-state index is 10.0. The minimum absolute atomic E-state index is 0.100. The summed E-state index contributed by atoms with van der Waals surface area (Å²) in [6.07, 6.45) is -1.12. The third-order valence-electron chi connectivity index (χ3n) is 1.40. The molecule has 3 N–H and O–H groups in total. The van der Waals surface area contributed by atoms with Crippen molar-refractivity contribution in [3.8, 4) is 0 Å². The van der Waals surface area contributed by atoms with Crippen molar-refractivity contribution in [2.75, 3.05) is 27.2 Å². The number of nitrogens with one attached hydrogen (secondary N) is 1. The van der Waals surface area contributed by atoms with E-state index in [1.165, 1.54) is 0 Å². The van der Waals surface area contributed by atoms with Crippen LogP contribution < -0.4 is 5.32 Å². The van der Waals surface area contributed by atoms with E-state index in [4.69, 9.17) is 5.11 Å². The van der Waals surface area contributed by atoms with Crippen LogP contribution in [-0.4, -0.2) is 54.5 Å². The molecule has 0 aliphatic heterocycles. The molecule has 1 unspecified atom stereocenters. The van der Waals surface area contributed by atoms with E-state index in [1.54, 1.807) is 0 Å². The van der Waals surface area contributed by atoms with E-state index in [-0.39, 0.29) is 6.54 Å². The summed E-state index contributed by atoms with van der Waals surface area (Å²) in [5.41, 5.74) is 0. The summed E-state index contributed by atoms with van der Waals surface area (Å²) in [6.45, 7) is 0.853. The fraction of sp³-hybridized carbons (Fsp3) is 0.857. The van der Waals surface area contributed by atoms with Gasteiger partial charge in [-0.3, -0.25) is 0 Å². The minimum atomic E-state index is -1.10. The third-order valence-corrected chi connectivity index (χ3v) is 1.40. The fourth-order valence-electron chi connectivity index (χ4n) is 0.714. The molecule has 0 heterocycles. The molecule has 5 heteroatoms. The Morgan fingerprint density at radius 3 is 2.58 bits per heavy atom. The minimum Gasteiger partial charge on any atom is -0.465 e. The Morgan fingerprint density at radius 1 is 1.58 bits per heavy atom. The van der Waals surface area contributed by atoms with Gasteiger partial charge in [0, 0.05) is 13.1 Å². The number of hydrogen-bond donors (Lipinski definition) is 3. The summed E-state index contributed by atoms with van der Waals surface area (Å²) in [7, 11) is 3.80. The largest absolute Gasteiger partial charge is 0.465 e. The quantitative estimate of drug-likeness (QED) is 0.531. The van der Waals surface area contributed by atoms with Crippen molar-refractivity contribution < 1.29 is 15.0 Å². The Kier molecular flexibility index (Phi) is 5.40. The summed E-state index contributed by atoms with van der Waals surface area (Å²) in [4.78, 5) is 11.9. The number of amides is 1. The molecular weight excluding hydrogens is 160 g/mol. The van der Waals surface area contributed by atoms with Gasteiger partial charge in [0.1, 0.15) is 0 Å². The van der Waals surface area contributed by atoms with Gasteiger partial charge in [-0.05, 0) is 20.5 Å². The monoisotopic (exact) mass is 176 g/mol. The van der Waals surface area contributed by atoms with Crippen molar-refractivity contribution in [3.05, 3.63) is 0 Å². The number of aliphatic hydroxyl groups excluding tert-OH is 1. The molecule has 0 aliphatic carbocycles. The number of carboxylic acid groups (broad SMARTS) is 1. The normalized spacial score (nSPS) is 13.0. The van der Waals surface area contributed by atoms with Crippen molar-refractivity contribution in [3.63, 3.8) is 0 Å². The van der Waals surface area contributed by atoms with Crippen molar-refractivity contribution in [2.45, 2.75) is 12.5 Å². The average Bonchev–Trinajstić information content (AvgIpc) is 1.96. The first kappa shape index (κ1) is 11.2. The van der Waals surface area contributed by atoms with Gasteiger partial charge in [-0.1, -0.05) is 0 Å². The lowest BCUT2D eigenvalue weighted by Crippen LogP contribution is -2.32. The van der Waals surface area contributed by atoms with Crippen LogP contribution in [0.3, 0.4) is 0 Å². The smallest absolute Gasteiger partial charge is 0.404 e. The number of hydrogen-bond acceptors (Lipinski definition) is 3. The Balaban J connectivity index is 3.33. The van der Waals surface area contributed by atoms with E-state index < -0.39 is 12.2 Å². The number of carbonyl (C=O) groups is 1. The highest BCUT2D eigenvalue weighted by molar-refractivity contribution is 5.64. The molecule has 0 spiro atoms. The molecular formula is C7H16N2O3. The van der Waals surface area contributed by atoms with E-state index in [9.17, 15) is 9.90 Å². The third kappa shape index (κ3) is 7.30. The van der Waals surface area contributed by atoms with E-state index >= 15 is 0 Å². The topological polar surface area (TPSA) is 72.8 Å². The summed E-state index contributed by atoms with van der Waals surface area (Å²) in [5, 5.41) is 19.5. The van der Waals surface area contributed by atoms with Crippen molar-refractivity contribution in [1.29, 1.82) is 0 Å². The first-order valence-corrected chi connectivity index (χ1v) is 3.82. The molecule has 72 valence electrons. The van der Waals surface area contributed by atoms with Crippen LogP contribution in [0.2, 0.25) is 0 Å². The molecule has 1 amide bonds. The predicted octanol–water partition coefficient (Wildman–Crippen LogP) is -0.433. The molecule has 5 nitrogen and oxygen atoms in total. The summed E-state index contributed by atoms with van der Waals surface area (Å²) < 4.78 is 0. The first-order valence-electron chi connectivity index (χ1n) is 3.82. The van der Waals surface area contributed by atoms with Crippen LogP contribution in [0.5, 0.6) is 0 Å². The molecule has 0 rings (SSSR count). The van der Waals surface area contributed by atoms with Crippen LogP contribution in [0, 0.1) is 0 Å². The molecule has 12 heavy (non-hydrogen) atoms. The van der Waals surface area contributed by atoms with Crippen LogP contribution in [0.1, 0.15) is 6.42 Å². The number of aliphatic hydroxyl groups is 1. The van der Waals surface area contributed by atoms with Gasteiger partial charge in [-0.15, -0.1) is 0 Å². The second-order valence-corrected chi connectivity index (χ2v) is 2.93. The molecule has 0 fully saturated rings. The summed E-state index contributed by atoms with van der Waals surface area (Å²) >= 11 is 0. The van der Waals surface area contributed by atoms with Gasteiger partial charge in [0.2, 0.25) is 0 Å². The summed E-state index contributed by atoms with van der Waals surface area (Å²) in [6, 6.07) is 0. The molecule has 0 saturated heterocycles. The van der Waals surface area contributed by atoms with Gasteiger partial charge < -0.3 is 20.4 Å². The highest BCUT2D eigenvalue weighted by atomic mass is 16.4. The standard InChI is InChI=1S/C7H16N2O3/c1-9(2)4-3-6(10)5-8-7(11)12/h6,8,10H,3-5H2,1-2H3,(H,11,12). The SMILES string of the molecule is CN(C)CCC(O)CNC(=O)O. The van der Waals surface area contributed by atoms with Gasteiger partial charge in [-0.25, -0.2) is 4.79 Å². The van der Waals surface area contributed by atoms with Crippen molar-refractivity contribution >= 4 is 6.09 Å². The van der Waals surface area contributed by atoms with Crippen LogP contribution >= 0.6 is 0 Å². The average molecular weight is 176 g/mol. The van der Waals surface area contributed by atoms with Gasteiger partial charge in [0.15, 0.2) is 0 Å². The van der Waals surface area contributed by atoms with Crippen molar-refractivity contribution in [2.24, 2.45) is 0 Å². The molecule has 1 atom stereocenters. The number of nitrogens with zero attached hydrogens (tertiary/aromatic N) is 1. The van der Waals surface area contributed by atoms with E-state index in [0.29, 0.717) is 6.42 Å². The lowest BCUT2D eigenvalue weighted by atomic mass is 10.2. The maximum atomic E-state index is 10.0. The highest BCUT2D eigenvalue weighted by Gasteiger charge is 2.05. The zero-order chi connectivity index (χ0) is 9.56. The summed E-state index contributed by atoms with van der Waals surface area (Å²) in [5.74, 6) is 0. The predicted molar refractivity (Wildman–Crippen MR) is 45.2 cm³/mol. The van der Waals surface area contributed by atoms with Gasteiger partial charge in [0.25, 0.3) is 0 Å². The highest BCUT2D eigenvalue weighted by Crippen LogP contribution is 1.90. The van der Waals surface area contributed by atoms with Gasteiger partial charge in [0.05, 0.1) is 6.10 Å². The molecule has 0 bridgehead atoms. The zero-order valence-electron chi connectivity index (χ0n) is 7.45. The fourth-order valence-corrected chi connectivity index (χ4v) is 0.714. The van der Waals surface area contributed by atoms with E-state index in [1.807, 2.05) is 19.0 Å². The van der Waals surface area contributed by atoms with Crippen LogP contribution in [0.4, 0.5) is 4.79 Å². The molecule has 0 aliphatic rings. The second-order valence-electron chi connectivity index (χ2n) is 2.93. The second kappa shape index (κ2) is 5.79. The lowest BCUT2D eigenvalue weighted by molar-refractivity contribution is 0.142. The molecule has 0 aromatic rings. The molecule has 0 radical (unpaired) electrons. The van der Waals surface area contributed by atoms with Gasteiger partial charge >= 0.3 is 6.09 Å². The van der Waals surface area contributed by atoms with Crippen molar-refractivity contribution in [1.82, 2.24) is 10.2 Å². The Bertz CT molecular complexity index is 139. The zero-order valence-corrected chi connectivity index (χ0v) is 7.45. The van der Waals surface area contributed by atoms with E-state index in [0.717, 1.165) is 6.54 Å². The van der Waals surface area contributed by atoms with Crippen LogP contribution in [0.15, 0.2) is 0 Å². The Hall–Kier alpha value is -0.810. The van der Waals surface area contributed by atoms with Crippen LogP contribution in [0.25, 0.3) is 0 Å². The van der Waals surface area contributed by atoms with Crippen LogP contribution in [-0.2, 0) is 0 Å². The van der Waals surface area contributed by atoms with Gasteiger partial charge in [-0.2, -0.15) is 0 Å². The Morgan fingerprint density at radius 2 is 2.17 bits per heavy atom. The molecule has 0 aromatic carbocycles. The first-order chi connectivity index (χ1) is 5.52. The lowest BCUT2D eigenvalue weighted by Gasteiger charge is -2.13.